The van der Waals surface area contributed by atoms with Crippen molar-refractivity contribution in [1.82, 2.24) is 0 Å². The summed E-state index contributed by atoms with van der Waals surface area (Å²) < 4.78 is 152. The zero-order valence-corrected chi connectivity index (χ0v) is 55.9. The number of hydrogen-bond donors (Lipinski definition) is 1. The van der Waals surface area contributed by atoms with Crippen molar-refractivity contribution >= 4 is 81.6 Å². The zero-order valence-electron chi connectivity index (χ0n) is 35.4. The number of unbranched alkanes of at least 4 members (excludes halogenated alkanes) is 2. The number of nitrogens with zero attached hydrogens (tertiary/aromatic N) is 2. The molecule has 0 unspecified atom stereocenters. The third-order valence-corrected chi connectivity index (χ3v) is 13.9. The fraction of sp³-hybridized carbons (Fsp3) is 0.452. The first-order valence-electron chi connectivity index (χ1n) is 16.5. The Kier molecular flexibility index (Phi) is 33.2. The van der Waals surface area contributed by atoms with Crippen molar-refractivity contribution in [1.29, 1.82) is 0 Å². The zero-order chi connectivity index (χ0) is 42.8. The summed E-state index contributed by atoms with van der Waals surface area (Å²) in [6.45, 7) is 6.39. The Morgan fingerprint density at radius 2 is 1.23 bits per heavy atom. The fourth-order valence-electron chi connectivity index (χ4n) is 7.07. The molecule has 0 bridgehead atoms. The second-order valence-corrected chi connectivity index (χ2v) is 21.0. The Hall–Kier alpha value is 5.67. The number of rotatable bonds is 20. The quantitative estimate of drug-likeness (QED) is 0.0245. The summed E-state index contributed by atoms with van der Waals surface area (Å²) in [5.74, 6) is -1.33. The normalized spacial score (nSPS) is 16.2. The van der Waals surface area contributed by atoms with E-state index in [4.69, 9.17) is 0 Å². The summed E-state index contributed by atoms with van der Waals surface area (Å²) in [7, 11) is -19.5. The van der Waals surface area contributed by atoms with Crippen LogP contribution in [0.2, 0.25) is 0 Å². The monoisotopic (exact) mass is 1110 g/mol. The minimum atomic E-state index is -5.30. The Morgan fingerprint density at radius 3 is 1.74 bits per heavy atom. The summed E-state index contributed by atoms with van der Waals surface area (Å²) in [4.78, 5) is 0.805. The number of allylic oxidation sites excluding steroid dienone is 4. The van der Waals surface area contributed by atoms with Crippen LogP contribution < -0.4 is 272 Å². The maximum Gasteiger partial charge on any atom is 1.00 e. The van der Waals surface area contributed by atoms with Gasteiger partial charge in [0.05, 0.1) is 66.4 Å². The third-order valence-electron chi connectivity index (χ3n) is 9.27. The van der Waals surface area contributed by atoms with Crippen LogP contribution in [-0.4, -0.2) is 86.8 Å². The van der Waals surface area contributed by atoms with Crippen LogP contribution in [0.3, 0.4) is 0 Å². The van der Waals surface area contributed by atoms with Crippen LogP contribution in [0.15, 0.2) is 67.8 Å². The molecule has 62 heavy (non-hydrogen) atoms. The first-order valence-corrected chi connectivity index (χ1v) is 24.0. The summed E-state index contributed by atoms with van der Waals surface area (Å²) in [6.07, 6.45) is 4.50. The van der Waals surface area contributed by atoms with Crippen LogP contribution in [-0.2, 0) is 70.0 Å². The number of benzene rings is 2. The topological polar surface area (TPSA) is 315 Å². The maximum absolute atomic E-state index is 12.5. The van der Waals surface area contributed by atoms with Crippen molar-refractivity contribution in [2.45, 2.75) is 83.8 Å². The van der Waals surface area contributed by atoms with Gasteiger partial charge in [-0.2, -0.15) is 21.7 Å². The van der Waals surface area contributed by atoms with Gasteiger partial charge < -0.3 is 29.1 Å². The molecule has 2 aliphatic rings. The van der Waals surface area contributed by atoms with E-state index in [2.05, 4.69) is 18.7 Å². The van der Waals surface area contributed by atoms with Crippen molar-refractivity contribution in [3.63, 3.8) is 0 Å². The van der Waals surface area contributed by atoms with Crippen LogP contribution in [0.4, 0.5) is 11.4 Å². The summed E-state index contributed by atoms with van der Waals surface area (Å²) in [5, 5.41) is 28.7. The molecule has 0 saturated carbocycles. The average molecular weight is 1110 g/mol. The van der Waals surface area contributed by atoms with Gasteiger partial charge in [0.2, 0.25) is 5.69 Å². The van der Waals surface area contributed by atoms with E-state index in [1.54, 1.807) is 30.9 Å². The summed E-state index contributed by atoms with van der Waals surface area (Å²) in [5.41, 5.74) is -1.60. The van der Waals surface area contributed by atoms with Gasteiger partial charge >= 0.3 is 257 Å². The van der Waals surface area contributed by atoms with Crippen LogP contribution in [0, 0.1) is 0 Å². The molecule has 1 N–H and O–H groups in total. The molecular formula is C31H36K5N2O18S6+. The molecule has 2 heterocycles. The van der Waals surface area contributed by atoms with E-state index < -0.39 is 78.3 Å². The van der Waals surface area contributed by atoms with E-state index in [0.717, 1.165) is 6.07 Å². The van der Waals surface area contributed by atoms with E-state index in [0.29, 0.717) is 56.9 Å². The Balaban J connectivity index is 0. The molecule has 0 spiro atoms. The summed E-state index contributed by atoms with van der Waals surface area (Å²) in [6, 6.07) is 4.51. The molecule has 4 rings (SSSR count). The Labute approximate surface area is 582 Å². The molecule has 2 aromatic carbocycles. The van der Waals surface area contributed by atoms with E-state index >= 15 is 0 Å². The van der Waals surface area contributed by atoms with Gasteiger partial charge in [-0.25, -0.2) is 25.3 Å². The molecule has 0 saturated heterocycles. The van der Waals surface area contributed by atoms with Gasteiger partial charge in [0, 0.05) is 46.4 Å². The summed E-state index contributed by atoms with van der Waals surface area (Å²) >= 11 is 1.12. The van der Waals surface area contributed by atoms with Gasteiger partial charge in [-0.15, -0.1) is 0 Å². The van der Waals surface area contributed by atoms with Crippen molar-refractivity contribution in [3.05, 3.63) is 59.3 Å². The second kappa shape index (κ2) is 29.5. The average Bonchev–Trinajstić information content (AvgIpc) is 3.44. The molecule has 0 amide bonds. The first kappa shape index (κ1) is 69.7. The smallest absolute Gasteiger partial charge is 0.748 e. The van der Waals surface area contributed by atoms with Crippen LogP contribution in [0.25, 0.3) is 0 Å². The van der Waals surface area contributed by atoms with Crippen LogP contribution in [0.1, 0.15) is 64.5 Å². The fourth-order valence-corrected chi connectivity index (χ4v) is 10.9. The van der Waals surface area contributed by atoms with Crippen molar-refractivity contribution in [3.8, 4) is 0 Å². The Morgan fingerprint density at radius 1 is 0.710 bits per heavy atom. The predicted molar refractivity (Wildman–Crippen MR) is 195 cm³/mol. The van der Waals surface area contributed by atoms with Gasteiger partial charge in [-0.1, -0.05) is 19.9 Å². The van der Waals surface area contributed by atoms with Gasteiger partial charge in [0.1, 0.15) is 31.7 Å². The molecule has 0 aliphatic carbocycles. The SMILES string of the molecule is CC1(C)C(/C=C/C=C2/N(CCCCS(=O)(=O)O)c3c(SOO[O-])ccc(SOO[O-])c3C2(C)C)=[N+](CCCCS(=O)(=O)[O-])c2c(S(=O)(=O)[O-])ccc(S(=O)(=O)[O-])c21.[K+].[K+].[K+].[K+].[K+]. The molecule has 2 aromatic rings. The van der Waals surface area contributed by atoms with E-state index in [1.165, 1.54) is 36.6 Å². The number of anilines is 1. The van der Waals surface area contributed by atoms with Crippen LogP contribution in [0.5, 0.6) is 0 Å². The first-order chi connectivity index (χ1) is 26.3. The van der Waals surface area contributed by atoms with Crippen LogP contribution >= 0.6 is 24.1 Å². The van der Waals surface area contributed by atoms with E-state index in [-0.39, 0.29) is 307 Å². The van der Waals surface area contributed by atoms with Crippen molar-refractivity contribution in [2.75, 3.05) is 29.5 Å². The van der Waals surface area contributed by atoms with E-state index in [1.807, 2.05) is 0 Å². The van der Waals surface area contributed by atoms with Gasteiger partial charge in [-0.3, -0.25) is 14.6 Å². The molecule has 0 fully saturated rings. The molecule has 0 atom stereocenters. The van der Waals surface area contributed by atoms with Crippen molar-refractivity contribution in [2.24, 2.45) is 0 Å². The largest absolute Gasteiger partial charge is 1.00 e. The van der Waals surface area contributed by atoms with Crippen molar-refractivity contribution < 1.29 is 343 Å². The molecule has 318 valence electrons. The number of hydrogen-bond acceptors (Lipinski definition) is 20. The minimum Gasteiger partial charge on any atom is -0.748 e. The third kappa shape index (κ3) is 18.6. The van der Waals surface area contributed by atoms with E-state index in [9.17, 15) is 62.4 Å². The maximum atomic E-state index is 12.5. The van der Waals surface area contributed by atoms with Gasteiger partial charge in [0.15, 0.2) is 5.71 Å². The Bertz CT molecular complexity index is 2430. The standard InChI is InChI=1S/C31H40N2O18S6.5K/c1-30(2)24(32(16-5-7-18-54(36,37)38)28-21(53-51-49-35)13-12-20(26(28)30)52-50-48-34)10-9-11-25-31(3,4)27-22(56(42,43)44)14-15-23(57(45,46)47)29(27)33(25)17-6-8-19-55(39,40)41;;;;;/h9-15H,5-8,16-19H2,1-4H3,(H5-,34,35,36,37,38,39,40,41,42,43,44,45,46,47);;;;;/q;5*+1/p-4. The molecule has 2 aliphatic heterocycles. The molecular weight excluding hydrogens is 1080 g/mol. The molecule has 31 heteroatoms. The minimum absolute atomic E-state index is 0. The molecule has 20 nitrogen and oxygen atoms in total. The van der Waals surface area contributed by atoms with Gasteiger partial charge in [-0.05, 0) is 63.5 Å². The molecule has 0 aromatic heterocycles. The number of fused-ring (bicyclic) bond motifs is 2. The second-order valence-electron chi connectivity index (χ2n) is 13.7. The molecule has 0 radical (unpaired) electrons. The predicted octanol–water partition coefficient (Wildman–Crippen LogP) is -13.4. The van der Waals surface area contributed by atoms with Gasteiger partial charge in [0.25, 0.3) is 10.1 Å².